The van der Waals surface area contributed by atoms with Crippen LogP contribution in [0.1, 0.15) is 13.8 Å². The number of nitrogens with zero attached hydrogens (tertiary/aromatic N) is 1. The zero-order chi connectivity index (χ0) is 11.8. The smallest absolute Gasteiger partial charge is 0.323 e. The number of hydrogen-bond acceptors (Lipinski definition) is 5. The molecule has 0 aromatic rings. The first kappa shape index (κ1) is 14.3. The minimum absolute atomic E-state index is 0.229. The summed E-state index contributed by atoms with van der Waals surface area (Å²) in [6.07, 6.45) is 0.229. The van der Waals surface area contributed by atoms with Gasteiger partial charge in [0.1, 0.15) is 6.04 Å². The minimum Gasteiger partial charge on any atom is -0.468 e. The van der Waals surface area contributed by atoms with E-state index >= 15 is 0 Å². The Morgan fingerprint density at radius 1 is 1.47 bits per heavy atom. The maximum atomic E-state index is 11.0. The number of carbonyl (C=O) groups is 1. The molecule has 0 radical (unpaired) electrons. The standard InChI is InChI=1S/C10H22N2O3/c1-8(2)15-6-5-12(3)7-9(11)10(13)14-4/h8-9H,5-7,11H2,1-4H3. The van der Waals surface area contributed by atoms with Gasteiger partial charge in [-0.15, -0.1) is 0 Å². The molecular formula is C10H22N2O3. The summed E-state index contributed by atoms with van der Waals surface area (Å²) in [6.45, 7) is 5.85. The number of rotatable bonds is 7. The average molecular weight is 218 g/mol. The van der Waals surface area contributed by atoms with Gasteiger partial charge in [-0.05, 0) is 20.9 Å². The van der Waals surface area contributed by atoms with Crippen LogP contribution in [0.25, 0.3) is 0 Å². The third-order valence-corrected chi connectivity index (χ3v) is 1.94. The van der Waals surface area contributed by atoms with Crippen LogP contribution >= 0.6 is 0 Å². The predicted molar refractivity (Wildman–Crippen MR) is 58.6 cm³/mol. The lowest BCUT2D eigenvalue weighted by Crippen LogP contribution is -2.42. The molecule has 0 rings (SSSR count). The van der Waals surface area contributed by atoms with Gasteiger partial charge in [-0.1, -0.05) is 0 Å². The number of likely N-dealkylation sites (N-methyl/N-ethyl adjacent to an activating group) is 1. The van der Waals surface area contributed by atoms with E-state index in [1.165, 1.54) is 7.11 Å². The highest BCUT2D eigenvalue weighted by atomic mass is 16.5. The SMILES string of the molecule is COC(=O)C(N)CN(C)CCOC(C)C. The van der Waals surface area contributed by atoms with Gasteiger partial charge in [0.25, 0.3) is 0 Å². The van der Waals surface area contributed by atoms with E-state index < -0.39 is 6.04 Å². The largest absolute Gasteiger partial charge is 0.468 e. The molecule has 2 N–H and O–H groups in total. The van der Waals surface area contributed by atoms with Crippen LogP contribution in [-0.2, 0) is 14.3 Å². The summed E-state index contributed by atoms with van der Waals surface area (Å²) in [4.78, 5) is 13.0. The van der Waals surface area contributed by atoms with Gasteiger partial charge in [0, 0.05) is 13.1 Å². The number of methoxy groups -OCH3 is 1. The second kappa shape index (κ2) is 7.62. The van der Waals surface area contributed by atoms with Crippen LogP contribution in [-0.4, -0.2) is 56.9 Å². The van der Waals surface area contributed by atoms with Gasteiger partial charge in [-0.25, -0.2) is 0 Å². The van der Waals surface area contributed by atoms with Crippen molar-refractivity contribution < 1.29 is 14.3 Å². The Kier molecular flexibility index (Phi) is 7.29. The van der Waals surface area contributed by atoms with E-state index in [0.29, 0.717) is 13.2 Å². The topological polar surface area (TPSA) is 64.8 Å². The molecular weight excluding hydrogens is 196 g/mol. The van der Waals surface area contributed by atoms with Crippen LogP contribution in [0.4, 0.5) is 0 Å². The van der Waals surface area contributed by atoms with E-state index in [1.54, 1.807) is 0 Å². The van der Waals surface area contributed by atoms with Gasteiger partial charge in [0.2, 0.25) is 0 Å². The van der Waals surface area contributed by atoms with Gasteiger partial charge < -0.3 is 20.1 Å². The van der Waals surface area contributed by atoms with E-state index in [4.69, 9.17) is 10.5 Å². The molecule has 5 heteroatoms. The van der Waals surface area contributed by atoms with Crippen LogP contribution in [0.3, 0.4) is 0 Å². The first-order valence-electron chi connectivity index (χ1n) is 5.11. The molecule has 1 atom stereocenters. The Morgan fingerprint density at radius 2 is 2.07 bits per heavy atom. The van der Waals surface area contributed by atoms with Crippen molar-refractivity contribution in [2.24, 2.45) is 5.73 Å². The molecule has 0 saturated carbocycles. The van der Waals surface area contributed by atoms with Crippen molar-refractivity contribution in [1.82, 2.24) is 4.90 Å². The first-order valence-corrected chi connectivity index (χ1v) is 5.11. The normalized spacial score (nSPS) is 13.3. The predicted octanol–water partition coefficient (Wildman–Crippen LogP) is -0.156. The summed E-state index contributed by atoms with van der Waals surface area (Å²) in [5.74, 6) is -0.383. The first-order chi connectivity index (χ1) is 6.97. The molecule has 0 bridgehead atoms. The molecule has 0 heterocycles. The molecule has 0 spiro atoms. The zero-order valence-electron chi connectivity index (χ0n) is 10.0. The van der Waals surface area contributed by atoms with Crippen molar-refractivity contribution in [3.05, 3.63) is 0 Å². The van der Waals surface area contributed by atoms with E-state index in [1.807, 2.05) is 25.8 Å². The summed E-state index contributed by atoms with van der Waals surface area (Å²) in [5, 5.41) is 0. The van der Waals surface area contributed by atoms with Crippen molar-refractivity contribution >= 4 is 5.97 Å². The third kappa shape index (κ3) is 7.30. The molecule has 15 heavy (non-hydrogen) atoms. The van der Waals surface area contributed by atoms with E-state index in [0.717, 1.165) is 6.54 Å². The fourth-order valence-corrected chi connectivity index (χ4v) is 1.10. The highest BCUT2D eigenvalue weighted by Gasteiger charge is 2.15. The maximum absolute atomic E-state index is 11.0. The summed E-state index contributed by atoms with van der Waals surface area (Å²) in [5.41, 5.74) is 5.60. The second-order valence-electron chi connectivity index (χ2n) is 3.81. The molecule has 0 aliphatic carbocycles. The Morgan fingerprint density at radius 3 is 2.53 bits per heavy atom. The second-order valence-corrected chi connectivity index (χ2v) is 3.81. The zero-order valence-corrected chi connectivity index (χ0v) is 10.0. The van der Waals surface area contributed by atoms with Gasteiger partial charge >= 0.3 is 5.97 Å². The lowest BCUT2D eigenvalue weighted by molar-refractivity contribution is -0.142. The van der Waals surface area contributed by atoms with Gasteiger partial charge in [0.05, 0.1) is 19.8 Å². The highest BCUT2D eigenvalue weighted by molar-refractivity contribution is 5.75. The molecule has 0 fully saturated rings. The molecule has 0 aromatic heterocycles. The molecule has 0 aliphatic rings. The number of ether oxygens (including phenoxy) is 2. The molecule has 0 aromatic carbocycles. The number of carbonyl (C=O) groups excluding carboxylic acids is 1. The van der Waals surface area contributed by atoms with Crippen LogP contribution in [0.5, 0.6) is 0 Å². The number of hydrogen-bond donors (Lipinski definition) is 1. The lowest BCUT2D eigenvalue weighted by Gasteiger charge is -2.20. The summed E-state index contributed by atoms with van der Waals surface area (Å²) in [6, 6.07) is -0.584. The van der Waals surface area contributed by atoms with Crippen LogP contribution in [0.15, 0.2) is 0 Å². The minimum atomic E-state index is -0.584. The average Bonchev–Trinajstić information content (AvgIpc) is 2.15. The maximum Gasteiger partial charge on any atom is 0.323 e. The molecule has 90 valence electrons. The Labute approximate surface area is 91.5 Å². The lowest BCUT2D eigenvalue weighted by atomic mass is 10.3. The number of esters is 1. The van der Waals surface area contributed by atoms with Crippen molar-refractivity contribution in [3.8, 4) is 0 Å². The van der Waals surface area contributed by atoms with E-state index in [-0.39, 0.29) is 12.1 Å². The quantitative estimate of drug-likeness (QED) is 0.602. The van der Waals surface area contributed by atoms with Gasteiger partial charge in [-0.2, -0.15) is 0 Å². The van der Waals surface area contributed by atoms with E-state index in [9.17, 15) is 4.79 Å². The van der Waals surface area contributed by atoms with Crippen LogP contribution < -0.4 is 5.73 Å². The van der Waals surface area contributed by atoms with Gasteiger partial charge in [0.15, 0.2) is 0 Å². The summed E-state index contributed by atoms with van der Waals surface area (Å²) in [7, 11) is 3.23. The van der Waals surface area contributed by atoms with Crippen molar-refractivity contribution in [2.75, 3.05) is 33.9 Å². The molecule has 5 nitrogen and oxygen atoms in total. The summed E-state index contributed by atoms with van der Waals surface area (Å²) >= 11 is 0. The van der Waals surface area contributed by atoms with Gasteiger partial charge in [-0.3, -0.25) is 4.79 Å². The Bertz CT molecular complexity index is 186. The number of nitrogens with two attached hydrogens (primary N) is 1. The third-order valence-electron chi connectivity index (χ3n) is 1.94. The van der Waals surface area contributed by atoms with Crippen molar-refractivity contribution in [3.63, 3.8) is 0 Å². The van der Waals surface area contributed by atoms with E-state index in [2.05, 4.69) is 4.74 Å². The molecule has 1 unspecified atom stereocenters. The Balaban J connectivity index is 3.64. The molecule has 0 aliphatic heterocycles. The van der Waals surface area contributed by atoms with Crippen LogP contribution in [0, 0.1) is 0 Å². The fraction of sp³-hybridized carbons (Fsp3) is 0.900. The Hall–Kier alpha value is -0.650. The molecule has 0 amide bonds. The van der Waals surface area contributed by atoms with Crippen LogP contribution in [0.2, 0.25) is 0 Å². The highest BCUT2D eigenvalue weighted by Crippen LogP contribution is 1.92. The van der Waals surface area contributed by atoms with Crippen molar-refractivity contribution in [1.29, 1.82) is 0 Å². The molecule has 0 saturated heterocycles. The van der Waals surface area contributed by atoms with Crippen molar-refractivity contribution in [2.45, 2.75) is 26.0 Å². The summed E-state index contributed by atoms with van der Waals surface area (Å²) < 4.78 is 9.92. The monoisotopic (exact) mass is 218 g/mol. The fourth-order valence-electron chi connectivity index (χ4n) is 1.10.